The molecular formula is C27H40O3Zn. The molecule has 0 aliphatic heterocycles. The van der Waals surface area contributed by atoms with Crippen LogP contribution in [0.15, 0.2) is 11.6 Å². The summed E-state index contributed by atoms with van der Waals surface area (Å²) in [4.78, 5) is 24.7. The Kier molecular flexibility index (Phi) is 6.90. The summed E-state index contributed by atoms with van der Waals surface area (Å²) in [5.74, 6) is 3.28. The third-order valence-corrected chi connectivity index (χ3v) is 10.4. The van der Waals surface area contributed by atoms with Crippen molar-refractivity contribution in [2.75, 3.05) is 0 Å². The van der Waals surface area contributed by atoms with E-state index in [9.17, 15) is 9.59 Å². The minimum atomic E-state index is 0. The second kappa shape index (κ2) is 9.04. The number of ether oxygens (including phenoxy) is 1. The Labute approximate surface area is 201 Å². The molecule has 4 fully saturated rings. The molecule has 0 amide bonds. The van der Waals surface area contributed by atoms with Crippen LogP contribution in [0.2, 0.25) is 0 Å². The van der Waals surface area contributed by atoms with Gasteiger partial charge < -0.3 is 4.74 Å². The SMILES string of the molecule is C[C@]12CC[C@H]3[C@@H](CCC4=CC(=O)CC[C@@]43C)[C@@H]1CC[C@@H]2OC(=O)CCC1CCCC1.[Zn]. The first-order valence-electron chi connectivity index (χ1n) is 12.8. The van der Waals surface area contributed by atoms with Gasteiger partial charge in [0.1, 0.15) is 6.10 Å². The first-order chi connectivity index (χ1) is 14.4. The molecule has 0 unspecified atom stereocenters. The summed E-state index contributed by atoms with van der Waals surface area (Å²) in [5, 5.41) is 0. The first kappa shape index (κ1) is 23.7. The second-order valence-electron chi connectivity index (χ2n) is 11.8. The molecule has 0 heterocycles. The molecule has 0 aromatic heterocycles. The third-order valence-electron chi connectivity index (χ3n) is 10.4. The molecule has 0 aromatic rings. The molecule has 6 atom stereocenters. The Morgan fingerprint density at radius 1 is 1.00 bits per heavy atom. The Morgan fingerprint density at radius 2 is 1.77 bits per heavy atom. The van der Waals surface area contributed by atoms with Crippen LogP contribution < -0.4 is 0 Å². The number of carbonyl (C=O) groups is 2. The fourth-order valence-electron chi connectivity index (χ4n) is 8.54. The number of fused-ring (bicyclic) bond motifs is 5. The maximum Gasteiger partial charge on any atom is 0.306 e. The molecule has 5 aliphatic carbocycles. The normalized spacial score (nSPS) is 42.1. The molecular weight excluding hydrogens is 438 g/mol. The quantitative estimate of drug-likeness (QED) is 0.347. The zero-order chi connectivity index (χ0) is 20.9. The summed E-state index contributed by atoms with van der Waals surface area (Å²) in [6.07, 6.45) is 17.8. The van der Waals surface area contributed by atoms with Gasteiger partial charge in [-0.1, -0.05) is 45.1 Å². The van der Waals surface area contributed by atoms with Crippen LogP contribution >= 0.6 is 0 Å². The monoisotopic (exact) mass is 476 g/mol. The van der Waals surface area contributed by atoms with Gasteiger partial charge >= 0.3 is 5.97 Å². The van der Waals surface area contributed by atoms with Crippen LogP contribution in [-0.2, 0) is 33.8 Å². The molecule has 0 spiro atoms. The number of allylic oxidation sites excluding steroid dienone is 1. The summed E-state index contributed by atoms with van der Waals surface area (Å²) < 4.78 is 6.17. The minimum absolute atomic E-state index is 0. The molecule has 31 heavy (non-hydrogen) atoms. The van der Waals surface area contributed by atoms with Gasteiger partial charge in [-0.05, 0) is 86.5 Å². The minimum Gasteiger partial charge on any atom is -0.462 e. The largest absolute Gasteiger partial charge is 0.462 e. The molecule has 3 nitrogen and oxygen atoms in total. The number of esters is 1. The van der Waals surface area contributed by atoms with E-state index >= 15 is 0 Å². The number of carbonyl (C=O) groups excluding carboxylic acids is 2. The van der Waals surface area contributed by atoms with Gasteiger partial charge in [-0.15, -0.1) is 0 Å². The van der Waals surface area contributed by atoms with E-state index in [1.54, 1.807) is 0 Å². The third kappa shape index (κ3) is 4.13. The van der Waals surface area contributed by atoms with E-state index in [2.05, 4.69) is 13.8 Å². The van der Waals surface area contributed by atoms with Gasteiger partial charge in [-0.25, -0.2) is 0 Å². The summed E-state index contributed by atoms with van der Waals surface area (Å²) in [5.41, 5.74) is 1.83. The van der Waals surface area contributed by atoms with E-state index in [-0.39, 0.29) is 42.4 Å². The molecule has 0 N–H and O–H groups in total. The van der Waals surface area contributed by atoms with Crippen molar-refractivity contribution in [2.24, 2.45) is 34.5 Å². The van der Waals surface area contributed by atoms with Crippen LogP contribution in [0.4, 0.5) is 0 Å². The van der Waals surface area contributed by atoms with Crippen LogP contribution in [0.1, 0.15) is 104 Å². The Balaban J connectivity index is 0.00000231. The number of rotatable bonds is 4. The van der Waals surface area contributed by atoms with Crippen molar-refractivity contribution in [2.45, 2.75) is 110 Å². The topological polar surface area (TPSA) is 43.4 Å². The Morgan fingerprint density at radius 3 is 2.55 bits per heavy atom. The molecule has 5 aliphatic rings. The van der Waals surface area contributed by atoms with Gasteiger partial charge in [0.05, 0.1) is 0 Å². The van der Waals surface area contributed by atoms with Crippen molar-refractivity contribution >= 4 is 11.8 Å². The summed E-state index contributed by atoms with van der Waals surface area (Å²) in [7, 11) is 0. The van der Waals surface area contributed by atoms with E-state index in [4.69, 9.17) is 4.74 Å². The van der Waals surface area contributed by atoms with Crippen LogP contribution in [0.25, 0.3) is 0 Å². The zero-order valence-corrected chi connectivity index (χ0v) is 22.8. The van der Waals surface area contributed by atoms with Crippen molar-refractivity contribution < 1.29 is 33.8 Å². The van der Waals surface area contributed by atoms with Gasteiger partial charge in [0.25, 0.3) is 0 Å². The fourth-order valence-corrected chi connectivity index (χ4v) is 8.54. The van der Waals surface area contributed by atoms with Crippen LogP contribution in [-0.4, -0.2) is 17.9 Å². The zero-order valence-electron chi connectivity index (χ0n) is 19.8. The second-order valence-corrected chi connectivity index (χ2v) is 11.8. The van der Waals surface area contributed by atoms with Gasteiger partial charge in [0.2, 0.25) is 0 Å². The predicted octanol–water partition coefficient (Wildman–Crippen LogP) is 6.40. The molecule has 4 heteroatoms. The summed E-state index contributed by atoms with van der Waals surface area (Å²) in [6, 6.07) is 0. The molecule has 0 aromatic carbocycles. The Hall–Kier alpha value is -0.497. The van der Waals surface area contributed by atoms with Crippen molar-refractivity contribution in [3.05, 3.63) is 11.6 Å². The molecule has 0 radical (unpaired) electrons. The predicted molar refractivity (Wildman–Crippen MR) is 118 cm³/mol. The maximum atomic E-state index is 12.7. The van der Waals surface area contributed by atoms with E-state index < -0.39 is 0 Å². The van der Waals surface area contributed by atoms with Crippen molar-refractivity contribution in [1.29, 1.82) is 0 Å². The molecule has 4 saturated carbocycles. The number of hydrogen-bond donors (Lipinski definition) is 0. The molecule has 0 saturated heterocycles. The van der Waals surface area contributed by atoms with Crippen molar-refractivity contribution in [1.82, 2.24) is 0 Å². The first-order valence-corrected chi connectivity index (χ1v) is 12.8. The van der Waals surface area contributed by atoms with Gasteiger partial charge in [0.15, 0.2) is 5.78 Å². The van der Waals surface area contributed by atoms with E-state index in [1.807, 2.05) is 6.08 Å². The summed E-state index contributed by atoms with van der Waals surface area (Å²) in [6.45, 7) is 4.87. The molecule has 0 bridgehead atoms. The van der Waals surface area contributed by atoms with Crippen molar-refractivity contribution in [3.63, 3.8) is 0 Å². The van der Waals surface area contributed by atoms with Gasteiger partial charge in [-0.2, -0.15) is 0 Å². The number of hydrogen-bond acceptors (Lipinski definition) is 3. The van der Waals surface area contributed by atoms with E-state index in [1.165, 1.54) is 56.9 Å². The van der Waals surface area contributed by atoms with Gasteiger partial charge in [0, 0.05) is 37.7 Å². The fraction of sp³-hybridized carbons (Fsp3) is 0.852. The molecule has 5 rings (SSSR count). The summed E-state index contributed by atoms with van der Waals surface area (Å²) >= 11 is 0. The van der Waals surface area contributed by atoms with Crippen molar-refractivity contribution in [3.8, 4) is 0 Å². The van der Waals surface area contributed by atoms with Crippen LogP contribution in [0.3, 0.4) is 0 Å². The Bertz CT molecular complexity index is 739. The average molecular weight is 478 g/mol. The van der Waals surface area contributed by atoms with Crippen LogP contribution in [0, 0.1) is 34.5 Å². The maximum absolute atomic E-state index is 12.7. The van der Waals surface area contributed by atoms with Gasteiger partial charge in [-0.3, -0.25) is 9.59 Å². The average Bonchev–Trinajstić information content (AvgIpc) is 3.35. The standard InChI is InChI=1S/C27H40O3.Zn/c1-26-15-13-20(28)17-19(26)8-9-21-22-10-11-24(27(22,2)16-14-23(21)26)30-25(29)12-7-18-5-3-4-6-18;/h17-18,21-24H,3-16H2,1-2H3;/t21-,22-,23-,24-,26-,27-;/m0./s1. The van der Waals surface area contributed by atoms with E-state index in [0.717, 1.165) is 43.9 Å². The van der Waals surface area contributed by atoms with Crippen LogP contribution in [0.5, 0.6) is 0 Å². The smallest absolute Gasteiger partial charge is 0.306 e. The van der Waals surface area contributed by atoms with E-state index in [0.29, 0.717) is 24.0 Å². The number of ketones is 1. The molecule has 168 valence electrons.